The second-order valence-corrected chi connectivity index (χ2v) is 10.5. The van der Waals surface area contributed by atoms with Crippen LogP contribution in [0.25, 0.3) is 11.6 Å². The van der Waals surface area contributed by atoms with Crippen molar-refractivity contribution in [2.45, 2.75) is 44.4 Å². The highest BCUT2D eigenvalue weighted by molar-refractivity contribution is 5.95. The van der Waals surface area contributed by atoms with E-state index in [1.807, 2.05) is 23.1 Å². The first-order valence-electron chi connectivity index (χ1n) is 13.1. The van der Waals surface area contributed by atoms with Gasteiger partial charge < -0.3 is 14.4 Å². The number of likely N-dealkylation sites (tertiary alicyclic amines) is 1. The monoisotopic (exact) mass is 479 g/mol. The van der Waals surface area contributed by atoms with E-state index in [1.54, 1.807) is 7.11 Å². The summed E-state index contributed by atoms with van der Waals surface area (Å²) in [6.07, 6.45) is 7.67. The predicted octanol–water partition coefficient (Wildman–Crippen LogP) is 5.99. The van der Waals surface area contributed by atoms with Crippen molar-refractivity contribution in [1.82, 2.24) is 4.90 Å². The summed E-state index contributed by atoms with van der Waals surface area (Å²) in [7, 11) is 1.71. The number of carbonyl (C=O) groups is 1. The minimum Gasteiger partial charge on any atom is -0.497 e. The Morgan fingerprint density at radius 1 is 0.889 bits per heavy atom. The molecule has 1 heterocycles. The Morgan fingerprint density at radius 3 is 2.42 bits per heavy atom. The van der Waals surface area contributed by atoms with Gasteiger partial charge in [-0.25, -0.2) is 0 Å². The van der Waals surface area contributed by atoms with Crippen LogP contribution in [0.15, 0.2) is 60.7 Å². The van der Waals surface area contributed by atoms with Crippen LogP contribution in [0.2, 0.25) is 0 Å². The van der Waals surface area contributed by atoms with Crippen molar-refractivity contribution < 1.29 is 14.3 Å². The minimum atomic E-state index is -0.0950. The molecule has 0 N–H and O–H groups in total. The predicted molar refractivity (Wildman–Crippen MR) is 143 cm³/mol. The standard InChI is InChI=1S/C32H33NO3/c1-22-6-13-29-25(16-22)18-30(23-7-10-27(35-2)11-8-23)32(29)19-24-9-12-28(17-26(24)20-32)36-21-31(34)33-14-4-3-5-15-33/h6-13,16-18H,3-5,14-15,19-21H2,1-2H3. The van der Waals surface area contributed by atoms with E-state index in [1.165, 1.54) is 45.4 Å². The lowest BCUT2D eigenvalue weighted by atomic mass is 9.72. The number of carbonyl (C=O) groups excluding carboxylic acids is 1. The molecule has 0 radical (unpaired) electrons. The van der Waals surface area contributed by atoms with E-state index in [4.69, 9.17) is 9.47 Å². The maximum Gasteiger partial charge on any atom is 0.260 e. The molecule has 0 saturated carbocycles. The average Bonchev–Trinajstić information content (AvgIpc) is 3.44. The fourth-order valence-electron chi connectivity index (χ4n) is 6.31. The zero-order valence-electron chi connectivity index (χ0n) is 21.2. The number of amides is 1. The molecule has 184 valence electrons. The first-order valence-corrected chi connectivity index (χ1v) is 13.1. The molecule has 6 rings (SSSR count). The van der Waals surface area contributed by atoms with Crippen LogP contribution < -0.4 is 9.47 Å². The Bertz CT molecular complexity index is 1330. The van der Waals surface area contributed by atoms with Crippen LogP contribution in [0.1, 0.15) is 52.6 Å². The van der Waals surface area contributed by atoms with E-state index in [0.29, 0.717) is 0 Å². The summed E-state index contributed by atoms with van der Waals surface area (Å²) >= 11 is 0. The third kappa shape index (κ3) is 3.99. The van der Waals surface area contributed by atoms with Gasteiger partial charge in [0, 0.05) is 18.5 Å². The van der Waals surface area contributed by atoms with E-state index in [9.17, 15) is 4.79 Å². The smallest absolute Gasteiger partial charge is 0.260 e. The number of hydrogen-bond acceptors (Lipinski definition) is 3. The molecule has 4 heteroatoms. The number of aryl methyl sites for hydroxylation is 1. The van der Waals surface area contributed by atoms with Gasteiger partial charge in [-0.15, -0.1) is 0 Å². The molecule has 1 unspecified atom stereocenters. The molecule has 0 aromatic heterocycles. The molecule has 1 spiro atoms. The molecule has 3 aliphatic rings. The highest BCUT2D eigenvalue weighted by atomic mass is 16.5. The second kappa shape index (κ2) is 9.16. The summed E-state index contributed by atoms with van der Waals surface area (Å²) in [5.74, 6) is 1.75. The number of methoxy groups -OCH3 is 1. The van der Waals surface area contributed by atoms with Crippen molar-refractivity contribution in [3.63, 3.8) is 0 Å². The lowest BCUT2D eigenvalue weighted by Gasteiger charge is -2.30. The number of benzene rings is 3. The number of rotatable bonds is 5. The Hall–Kier alpha value is -3.53. The molecule has 3 aromatic rings. The first kappa shape index (κ1) is 22.9. The molecule has 2 aliphatic carbocycles. The van der Waals surface area contributed by atoms with E-state index >= 15 is 0 Å². The number of ether oxygens (including phenoxy) is 2. The lowest BCUT2D eigenvalue weighted by Crippen LogP contribution is -2.38. The van der Waals surface area contributed by atoms with Gasteiger partial charge in [0.25, 0.3) is 5.91 Å². The Balaban J connectivity index is 1.28. The van der Waals surface area contributed by atoms with Gasteiger partial charge in [-0.05, 0) is 103 Å². The number of fused-ring (bicyclic) bond motifs is 3. The van der Waals surface area contributed by atoms with Crippen LogP contribution in [0.5, 0.6) is 11.5 Å². The summed E-state index contributed by atoms with van der Waals surface area (Å²) in [6.45, 7) is 3.98. The van der Waals surface area contributed by atoms with Gasteiger partial charge in [0.1, 0.15) is 11.5 Å². The summed E-state index contributed by atoms with van der Waals surface area (Å²) in [4.78, 5) is 14.5. The molecular formula is C32H33NO3. The summed E-state index contributed by atoms with van der Waals surface area (Å²) < 4.78 is 11.4. The average molecular weight is 480 g/mol. The lowest BCUT2D eigenvalue weighted by molar-refractivity contribution is -0.134. The Kier molecular flexibility index (Phi) is 5.83. The third-order valence-corrected chi connectivity index (χ3v) is 8.17. The maximum absolute atomic E-state index is 12.6. The van der Waals surface area contributed by atoms with Crippen LogP contribution in [0.4, 0.5) is 0 Å². The van der Waals surface area contributed by atoms with Gasteiger partial charge in [-0.2, -0.15) is 0 Å². The van der Waals surface area contributed by atoms with E-state index in [-0.39, 0.29) is 17.9 Å². The minimum absolute atomic E-state index is 0.0940. The van der Waals surface area contributed by atoms with Crippen LogP contribution in [0.3, 0.4) is 0 Å². The molecular weight excluding hydrogens is 446 g/mol. The van der Waals surface area contributed by atoms with Gasteiger partial charge in [-0.1, -0.05) is 42.0 Å². The molecule has 1 atom stereocenters. The van der Waals surface area contributed by atoms with Crippen LogP contribution in [0, 0.1) is 6.92 Å². The van der Waals surface area contributed by atoms with Gasteiger partial charge in [0.05, 0.1) is 7.11 Å². The summed E-state index contributed by atoms with van der Waals surface area (Å²) in [5.41, 5.74) is 9.17. The maximum atomic E-state index is 12.6. The number of allylic oxidation sites excluding steroid dienone is 1. The van der Waals surface area contributed by atoms with Gasteiger partial charge in [0.15, 0.2) is 6.61 Å². The van der Waals surface area contributed by atoms with E-state index < -0.39 is 0 Å². The van der Waals surface area contributed by atoms with Crippen LogP contribution in [-0.2, 0) is 23.1 Å². The van der Waals surface area contributed by atoms with Gasteiger partial charge in [-0.3, -0.25) is 4.79 Å². The van der Waals surface area contributed by atoms with E-state index in [0.717, 1.165) is 50.3 Å². The van der Waals surface area contributed by atoms with Crippen molar-refractivity contribution in [3.8, 4) is 11.5 Å². The number of nitrogens with zero attached hydrogens (tertiary/aromatic N) is 1. The van der Waals surface area contributed by atoms with Crippen molar-refractivity contribution in [2.75, 3.05) is 26.8 Å². The van der Waals surface area contributed by atoms with Crippen LogP contribution >= 0.6 is 0 Å². The number of piperidine rings is 1. The topological polar surface area (TPSA) is 38.8 Å². The van der Waals surface area contributed by atoms with Crippen molar-refractivity contribution in [1.29, 1.82) is 0 Å². The van der Waals surface area contributed by atoms with Crippen molar-refractivity contribution >= 4 is 17.6 Å². The largest absolute Gasteiger partial charge is 0.497 e. The molecule has 1 fully saturated rings. The molecule has 1 aliphatic heterocycles. The fraction of sp³-hybridized carbons (Fsp3) is 0.344. The zero-order valence-corrected chi connectivity index (χ0v) is 21.2. The summed E-state index contributed by atoms with van der Waals surface area (Å²) in [5, 5.41) is 0. The molecule has 1 saturated heterocycles. The van der Waals surface area contributed by atoms with Crippen LogP contribution in [-0.4, -0.2) is 37.6 Å². The SMILES string of the molecule is COc1ccc(C2=Cc3cc(C)ccc3C23Cc2ccc(OCC(=O)N4CCCCC4)cc2C3)cc1. The highest BCUT2D eigenvalue weighted by Crippen LogP contribution is 2.54. The molecule has 3 aromatic carbocycles. The highest BCUT2D eigenvalue weighted by Gasteiger charge is 2.46. The molecule has 4 nitrogen and oxygen atoms in total. The second-order valence-electron chi connectivity index (χ2n) is 10.5. The Labute approximate surface area is 213 Å². The molecule has 0 bridgehead atoms. The fourth-order valence-corrected chi connectivity index (χ4v) is 6.31. The molecule has 1 amide bonds. The quantitative estimate of drug-likeness (QED) is 0.452. The number of hydrogen-bond donors (Lipinski definition) is 0. The zero-order chi connectivity index (χ0) is 24.7. The summed E-state index contributed by atoms with van der Waals surface area (Å²) in [6, 6.07) is 21.7. The molecule has 36 heavy (non-hydrogen) atoms. The van der Waals surface area contributed by atoms with E-state index in [2.05, 4.69) is 55.5 Å². The van der Waals surface area contributed by atoms with Crippen molar-refractivity contribution in [3.05, 3.63) is 94.0 Å². The third-order valence-electron chi connectivity index (χ3n) is 8.17. The van der Waals surface area contributed by atoms with Gasteiger partial charge >= 0.3 is 0 Å². The normalized spacial score (nSPS) is 20.2. The van der Waals surface area contributed by atoms with Gasteiger partial charge in [0.2, 0.25) is 0 Å². The van der Waals surface area contributed by atoms with Crippen molar-refractivity contribution in [2.24, 2.45) is 0 Å². The Morgan fingerprint density at radius 2 is 1.64 bits per heavy atom. The first-order chi connectivity index (χ1) is 17.6.